The van der Waals surface area contributed by atoms with Crippen LogP contribution in [0.25, 0.3) is 0 Å². The number of hydrogen-bond donors (Lipinski definition) is 0. The third-order valence-electron chi connectivity index (χ3n) is 8.42. The summed E-state index contributed by atoms with van der Waals surface area (Å²) in [6.45, 7) is 5.03. The molecule has 1 nitrogen and oxygen atoms in total. The van der Waals surface area contributed by atoms with Crippen molar-refractivity contribution in [2.24, 2.45) is 29.1 Å². The van der Waals surface area contributed by atoms with Crippen LogP contribution in [0.2, 0.25) is 0 Å². The molecule has 0 N–H and O–H groups in total. The van der Waals surface area contributed by atoms with E-state index in [0.29, 0.717) is 5.41 Å². The van der Waals surface area contributed by atoms with Gasteiger partial charge in [-0.25, -0.2) is 0 Å². The summed E-state index contributed by atoms with van der Waals surface area (Å²) >= 11 is 0. The van der Waals surface area contributed by atoms with Crippen LogP contribution in [0, 0.1) is 29.1 Å². The van der Waals surface area contributed by atoms with Gasteiger partial charge in [0.2, 0.25) is 0 Å². The molecule has 0 spiro atoms. The SMILES string of the molecule is CCCCC1CCC2C3CCC4=C(CC=C(OC)C4)C3CCC12C. The van der Waals surface area contributed by atoms with Gasteiger partial charge >= 0.3 is 0 Å². The van der Waals surface area contributed by atoms with Crippen LogP contribution in [-0.2, 0) is 4.74 Å². The fourth-order valence-corrected chi connectivity index (χ4v) is 7.08. The van der Waals surface area contributed by atoms with Gasteiger partial charge in [-0.15, -0.1) is 0 Å². The quantitative estimate of drug-likeness (QED) is 0.525. The zero-order chi connectivity index (χ0) is 16.7. The van der Waals surface area contributed by atoms with Gasteiger partial charge in [-0.1, -0.05) is 37.8 Å². The monoisotopic (exact) mass is 328 g/mol. The second kappa shape index (κ2) is 6.54. The lowest BCUT2D eigenvalue weighted by molar-refractivity contribution is 0.0113. The van der Waals surface area contributed by atoms with Gasteiger partial charge in [-0.2, -0.15) is 0 Å². The van der Waals surface area contributed by atoms with Gasteiger partial charge in [0.25, 0.3) is 0 Å². The zero-order valence-corrected chi connectivity index (χ0v) is 16.1. The lowest BCUT2D eigenvalue weighted by atomic mass is 9.53. The number of unbranched alkanes of at least 4 members (excludes halogenated alkanes) is 1. The molecule has 0 aromatic carbocycles. The van der Waals surface area contributed by atoms with Crippen LogP contribution in [0.4, 0.5) is 0 Å². The highest BCUT2D eigenvalue weighted by atomic mass is 16.5. The lowest BCUT2D eigenvalue weighted by Gasteiger charge is -2.52. The van der Waals surface area contributed by atoms with Crippen LogP contribution >= 0.6 is 0 Å². The standard InChI is InChI=1S/C23H36O/c1-4-5-6-17-8-12-22-21-10-7-16-15-18(24-3)9-11-19(16)20(21)13-14-23(17,22)2/h9,17,20-22H,4-8,10-15H2,1-3H3. The fraction of sp³-hybridized carbons (Fsp3) is 0.826. The number of rotatable bonds is 4. The molecular weight excluding hydrogens is 292 g/mol. The summed E-state index contributed by atoms with van der Waals surface area (Å²) in [6, 6.07) is 0. The molecule has 0 heterocycles. The maximum absolute atomic E-state index is 5.54. The molecule has 4 aliphatic carbocycles. The predicted octanol–water partition coefficient (Wildman–Crippen LogP) is 6.65. The number of ether oxygens (including phenoxy) is 1. The first kappa shape index (κ1) is 16.7. The first-order valence-corrected chi connectivity index (χ1v) is 10.6. The molecule has 5 unspecified atom stereocenters. The molecule has 5 atom stereocenters. The van der Waals surface area contributed by atoms with Gasteiger partial charge in [-0.3, -0.25) is 0 Å². The Morgan fingerprint density at radius 3 is 2.88 bits per heavy atom. The van der Waals surface area contributed by atoms with E-state index < -0.39 is 0 Å². The third-order valence-corrected chi connectivity index (χ3v) is 8.42. The molecule has 0 amide bonds. The molecule has 0 radical (unpaired) electrons. The van der Waals surface area contributed by atoms with Crippen LogP contribution in [0.1, 0.15) is 84.5 Å². The lowest BCUT2D eigenvalue weighted by Crippen LogP contribution is -2.43. The Kier molecular flexibility index (Phi) is 4.56. The normalized spacial score (nSPS) is 41.4. The van der Waals surface area contributed by atoms with Gasteiger partial charge < -0.3 is 4.74 Å². The Morgan fingerprint density at radius 2 is 2.08 bits per heavy atom. The first-order chi connectivity index (χ1) is 11.7. The smallest absolute Gasteiger partial charge is 0.0959 e. The molecule has 4 rings (SSSR count). The number of methoxy groups -OCH3 is 1. The highest BCUT2D eigenvalue weighted by molar-refractivity contribution is 5.32. The van der Waals surface area contributed by atoms with Gasteiger partial charge in [-0.05, 0) is 86.5 Å². The van der Waals surface area contributed by atoms with Crippen LogP contribution in [0.5, 0.6) is 0 Å². The molecule has 0 aromatic rings. The van der Waals surface area contributed by atoms with Crippen LogP contribution in [0.3, 0.4) is 0 Å². The maximum atomic E-state index is 5.54. The van der Waals surface area contributed by atoms with Crippen molar-refractivity contribution in [3.8, 4) is 0 Å². The van der Waals surface area contributed by atoms with Gasteiger partial charge in [0.1, 0.15) is 0 Å². The number of allylic oxidation sites excluding steroid dienone is 3. The third kappa shape index (κ3) is 2.58. The summed E-state index contributed by atoms with van der Waals surface area (Å²) < 4.78 is 5.54. The Labute approximate surface area is 148 Å². The molecule has 134 valence electrons. The summed E-state index contributed by atoms with van der Waals surface area (Å²) in [5.74, 6) is 5.15. The van der Waals surface area contributed by atoms with Crippen LogP contribution in [-0.4, -0.2) is 7.11 Å². The summed E-state index contributed by atoms with van der Waals surface area (Å²) in [5.41, 5.74) is 4.25. The molecule has 0 aliphatic heterocycles. The minimum atomic E-state index is 0.663. The fourth-order valence-electron chi connectivity index (χ4n) is 7.08. The summed E-state index contributed by atoms with van der Waals surface area (Å²) in [7, 11) is 1.84. The molecule has 2 fully saturated rings. The van der Waals surface area contributed by atoms with Gasteiger partial charge in [0, 0.05) is 6.42 Å². The van der Waals surface area contributed by atoms with Crippen LogP contribution < -0.4 is 0 Å². The Morgan fingerprint density at radius 1 is 1.21 bits per heavy atom. The molecule has 0 aromatic heterocycles. The summed E-state index contributed by atoms with van der Waals surface area (Å²) in [5, 5.41) is 0. The number of hydrogen-bond acceptors (Lipinski definition) is 1. The highest BCUT2D eigenvalue weighted by Crippen LogP contribution is 2.63. The average molecular weight is 329 g/mol. The van der Waals surface area contributed by atoms with E-state index in [9.17, 15) is 0 Å². The molecule has 0 bridgehead atoms. The minimum Gasteiger partial charge on any atom is -0.501 e. The predicted molar refractivity (Wildman–Crippen MR) is 101 cm³/mol. The van der Waals surface area contributed by atoms with E-state index in [2.05, 4.69) is 19.9 Å². The van der Waals surface area contributed by atoms with E-state index in [0.717, 1.165) is 30.1 Å². The van der Waals surface area contributed by atoms with Gasteiger partial charge in [0.15, 0.2) is 0 Å². The molecule has 4 aliphatic rings. The second-order valence-corrected chi connectivity index (χ2v) is 9.26. The first-order valence-electron chi connectivity index (χ1n) is 10.6. The number of fused-ring (bicyclic) bond motifs is 4. The van der Waals surface area contributed by atoms with Crippen molar-refractivity contribution < 1.29 is 4.74 Å². The van der Waals surface area contributed by atoms with Crippen molar-refractivity contribution in [3.63, 3.8) is 0 Å². The van der Waals surface area contributed by atoms with Crippen molar-refractivity contribution in [1.29, 1.82) is 0 Å². The molecule has 24 heavy (non-hydrogen) atoms. The van der Waals surface area contributed by atoms with Crippen molar-refractivity contribution in [1.82, 2.24) is 0 Å². The van der Waals surface area contributed by atoms with Crippen molar-refractivity contribution in [2.75, 3.05) is 7.11 Å². The van der Waals surface area contributed by atoms with Crippen LogP contribution in [0.15, 0.2) is 23.0 Å². The highest BCUT2D eigenvalue weighted by Gasteiger charge is 2.54. The molecule has 1 heteroatoms. The summed E-state index contributed by atoms with van der Waals surface area (Å²) in [4.78, 5) is 0. The van der Waals surface area contributed by atoms with E-state index >= 15 is 0 Å². The van der Waals surface area contributed by atoms with Gasteiger partial charge in [0.05, 0.1) is 12.9 Å². The topological polar surface area (TPSA) is 9.23 Å². The Bertz CT molecular complexity index is 542. The van der Waals surface area contributed by atoms with E-state index in [-0.39, 0.29) is 0 Å². The van der Waals surface area contributed by atoms with E-state index in [4.69, 9.17) is 4.74 Å². The van der Waals surface area contributed by atoms with Crippen molar-refractivity contribution in [3.05, 3.63) is 23.0 Å². The Balaban J connectivity index is 1.53. The second-order valence-electron chi connectivity index (χ2n) is 9.26. The molecule has 0 saturated heterocycles. The van der Waals surface area contributed by atoms with Crippen molar-refractivity contribution >= 4 is 0 Å². The van der Waals surface area contributed by atoms with E-state index in [1.165, 1.54) is 70.0 Å². The molecular formula is C23H36O. The maximum Gasteiger partial charge on any atom is 0.0959 e. The minimum absolute atomic E-state index is 0.663. The van der Waals surface area contributed by atoms with E-state index in [1.54, 1.807) is 5.57 Å². The van der Waals surface area contributed by atoms with E-state index in [1.807, 2.05) is 12.7 Å². The summed E-state index contributed by atoms with van der Waals surface area (Å²) in [6.07, 6.45) is 17.8. The largest absolute Gasteiger partial charge is 0.501 e. The zero-order valence-electron chi connectivity index (χ0n) is 16.1. The Hall–Kier alpha value is -0.720. The average Bonchev–Trinajstić information content (AvgIpc) is 2.95. The van der Waals surface area contributed by atoms with Crippen molar-refractivity contribution in [2.45, 2.75) is 84.5 Å². The molecule has 2 saturated carbocycles.